The van der Waals surface area contributed by atoms with Gasteiger partial charge in [-0.15, -0.1) is 0 Å². The van der Waals surface area contributed by atoms with Gasteiger partial charge in [-0.2, -0.15) is 0 Å². The smallest absolute Gasteiger partial charge is 0.326 e. The zero-order valence-corrected chi connectivity index (χ0v) is 18.3. The van der Waals surface area contributed by atoms with Crippen molar-refractivity contribution in [1.82, 2.24) is 20.3 Å². The molecule has 0 amide bonds. The summed E-state index contributed by atoms with van der Waals surface area (Å²) in [6.07, 6.45) is 0.706. The van der Waals surface area contributed by atoms with Crippen molar-refractivity contribution < 1.29 is 14.5 Å². The molecule has 0 spiro atoms. The van der Waals surface area contributed by atoms with Crippen LogP contribution in [0, 0.1) is 18.3 Å². The zero-order chi connectivity index (χ0) is 22.1. The van der Waals surface area contributed by atoms with E-state index in [0.717, 1.165) is 11.3 Å². The first kappa shape index (κ1) is 21.8. The van der Waals surface area contributed by atoms with Crippen LogP contribution in [0.3, 0.4) is 0 Å². The number of fused-ring (bicyclic) bond motifs is 1. The molecule has 0 aliphatic carbocycles. The highest BCUT2D eigenvalue weighted by atomic mass is 35.5. The molecule has 2 unspecified atom stereocenters. The van der Waals surface area contributed by atoms with Crippen LogP contribution in [-0.2, 0) is 4.79 Å². The van der Waals surface area contributed by atoms with Crippen molar-refractivity contribution in [1.29, 1.82) is 0 Å². The van der Waals surface area contributed by atoms with Gasteiger partial charge in [0, 0.05) is 10.7 Å². The number of carboxylic acids is 1. The molecule has 0 radical (unpaired) electrons. The lowest BCUT2D eigenvalue weighted by Crippen LogP contribution is -2.37. The number of nitrogens with one attached hydrogen (secondary N) is 2. The molecule has 2 aromatic heterocycles. The van der Waals surface area contributed by atoms with E-state index < -0.39 is 12.0 Å². The van der Waals surface area contributed by atoms with Gasteiger partial charge in [-0.3, -0.25) is 0 Å². The van der Waals surface area contributed by atoms with Crippen LogP contribution in [0.5, 0.6) is 0 Å². The molecule has 3 rings (SSSR count). The lowest BCUT2D eigenvalue weighted by molar-refractivity contribution is -0.139. The average molecular weight is 433 g/mol. The minimum atomic E-state index is -0.972. The zero-order valence-electron chi connectivity index (χ0n) is 17.5. The average Bonchev–Trinajstić information content (AvgIpc) is 3.08. The Kier molecular flexibility index (Phi) is 6.12. The van der Waals surface area contributed by atoms with Crippen molar-refractivity contribution in [2.24, 2.45) is 11.3 Å². The van der Waals surface area contributed by atoms with Crippen LogP contribution >= 0.6 is 11.6 Å². The normalized spacial score (nSPS) is 13.8. The molecule has 9 nitrogen and oxygen atoms in total. The highest BCUT2D eigenvalue weighted by Gasteiger charge is 2.30. The molecule has 160 valence electrons. The largest absolute Gasteiger partial charge is 0.480 e. The Morgan fingerprint density at radius 2 is 1.83 bits per heavy atom. The number of rotatable bonds is 7. The number of aliphatic carboxylic acids is 1. The maximum absolute atomic E-state index is 12.0. The number of carboxylic acid groups (broad SMARTS) is 1. The molecule has 2 heterocycles. The first-order valence-electron chi connectivity index (χ1n) is 9.56. The molecule has 0 saturated carbocycles. The fourth-order valence-corrected chi connectivity index (χ4v) is 3.48. The standard InChI is InChI=1S/C20H25ClN6O3/c1-10-8-12(6-7-13(10)21)22-15-16(25-18-17(24-15)26-30-27-18)23-14(19(28)29)11(2)9-20(3,4)5/h6-8,11,14H,9H2,1-5H3,(H,28,29)(H,22,24,26)(H,23,25,27). The number of carbonyl (C=O) groups is 1. The molecule has 30 heavy (non-hydrogen) atoms. The molecule has 0 bridgehead atoms. The Balaban J connectivity index is 1.97. The first-order chi connectivity index (χ1) is 14.0. The number of aromatic nitrogens is 4. The summed E-state index contributed by atoms with van der Waals surface area (Å²) in [5.74, 6) is -0.575. The van der Waals surface area contributed by atoms with Crippen molar-refractivity contribution >= 4 is 46.2 Å². The minimum absolute atomic E-state index is 0.0254. The van der Waals surface area contributed by atoms with E-state index >= 15 is 0 Å². The van der Waals surface area contributed by atoms with Gasteiger partial charge in [0.2, 0.25) is 11.3 Å². The Labute approximate surface area is 179 Å². The Bertz CT molecular complexity index is 1060. The van der Waals surface area contributed by atoms with E-state index in [1.54, 1.807) is 12.1 Å². The second-order valence-corrected chi connectivity index (χ2v) is 9.03. The summed E-state index contributed by atoms with van der Waals surface area (Å²) < 4.78 is 4.71. The van der Waals surface area contributed by atoms with Crippen molar-refractivity contribution in [3.05, 3.63) is 28.8 Å². The third-order valence-corrected chi connectivity index (χ3v) is 5.02. The molecule has 3 aromatic rings. The molecule has 10 heteroatoms. The summed E-state index contributed by atoms with van der Waals surface area (Å²) in [7, 11) is 0. The van der Waals surface area contributed by atoms with Crippen LogP contribution in [0.15, 0.2) is 22.8 Å². The number of nitrogens with zero attached hydrogens (tertiary/aromatic N) is 4. The topological polar surface area (TPSA) is 126 Å². The predicted octanol–water partition coefficient (Wildman–Crippen LogP) is 4.66. The maximum atomic E-state index is 12.0. The van der Waals surface area contributed by atoms with Gasteiger partial charge in [0.1, 0.15) is 6.04 Å². The molecule has 0 fully saturated rings. The summed E-state index contributed by atoms with van der Waals surface area (Å²) in [5.41, 5.74) is 1.98. The highest BCUT2D eigenvalue weighted by Crippen LogP contribution is 2.30. The van der Waals surface area contributed by atoms with Crippen LogP contribution < -0.4 is 10.6 Å². The number of benzene rings is 1. The summed E-state index contributed by atoms with van der Waals surface area (Å²) in [6.45, 7) is 10.0. The van der Waals surface area contributed by atoms with Crippen LogP contribution in [0.1, 0.15) is 39.7 Å². The molecule has 0 aliphatic rings. The van der Waals surface area contributed by atoms with Crippen molar-refractivity contribution in [2.45, 2.75) is 47.1 Å². The number of hydrogen-bond acceptors (Lipinski definition) is 8. The molecular weight excluding hydrogens is 408 g/mol. The van der Waals surface area contributed by atoms with Gasteiger partial charge in [-0.05, 0) is 58.8 Å². The van der Waals surface area contributed by atoms with E-state index in [1.807, 2.05) is 19.9 Å². The van der Waals surface area contributed by atoms with E-state index in [2.05, 4.69) is 51.7 Å². The summed E-state index contributed by atoms with van der Waals surface area (Å²) in [5, 5.41) is 24.1. The van der Waals surface area contributed by atoms with E-state index in [0.29, 0.717) is 17.3 Å². The van der Waals surface area contributed by atoms with Crippen LogP contribution in [0.4, 0.5) is 17.3 Å². The van der Waals surface area contributed by atoms with Gasteiger partial charge >= 0.3 is 5.97 Å². The highest BCUT2D eigenvalue weighted by molar-refractivity contribution is 6.31. The van der Waals surface area contributed by atoms with Gasteiger partial charge in [0.25, 0.3) is 0 Å². The molecule has 2 atom stereocenters. The van der Waals surface area contributed by atoms with E-state index in [-0.39, 0.29) is 28.4 Å². The fraction of sp³-hybridized carbons (Fsp3) is 0.450. The predicted molar refractivity (Wildman–Crippen MR) is 115 cm³/mol. The summed E-state index contributed by atoms with van der Waals surface area (Å²) in [6, 6.07) is 4.55. The number of hydrogen-bond donors (Lipinski definition) is 3. The van der Waals surface area contributed by atoms with Gasteiger partial charge in [-0.25, -0.2) is 19.4 Å². The summed E-state index contributed by atoms with van der Waals surface area (Å²) >= 11 is 6.11. The van der Waals surface area contributed by atoms with Crippen LogP contribution in [0.2, 0.25) is 5.02 Å². The van der Waals surface area contributed by atoms with Gasteiger partial charge < -0.3 is 15.7 Å². The lowest BCUT2D eigenvalue weighted by atomic mass is 9.82. The second kappa shape index (κ2) is 8.43. The van der Waals surface area contributed by atoms with Crippen molar-refractivity contribution in [3.63, 3.8) is 0 Å². The first-order valence-corrected chi connectivity index (χ1v) is 9.94. The third kappa shape index (κ3) is 5.15. The molecule has 0 saturated heterocycles. The fourth-order valence-electron chi connectivity index (χ4n) is 3.36. The van der Waals surface area contributed by atoms with Crippen molar-refractivity contribution in [2.75, 3.05) is 10.6 Å². The number of anilines is 3. The number of aryl methyl sites for hydroxylation is 1. The Hall–Kier alpha value is -2.94. The SMILES string of the molecule is Cc1cc(Nc2nc3nonc3nc2NC(C(=O)O)C(C)CC(C)(C)C)ccc1Cl. The van der Waals surface area contributed by atoms with Gasteiger partial charge in [-0.1, -0.05) is 39.3 Å². The second-order valence-electron chi connectivity index (χ2n) is 8.62. The van der Waals surface area contributed by atoms with Crippen LogP contribution in [-0.4, -0.2) is 37.4 Å². The number of halogens is 1. The Morgan fingerprint density at radius 1 is 1.20 bits per heavy atom. The van der Waals surface area contributed by atoms with Gasteiger partial charge in [0.15, 0.2) is 11.6 Å². The van der Waals surface area contributed by atoms with E-state index in [4.69, 9.17) is 16.2 Å². The lowest BCUT2D eigenvalue weighted by Gasteiger charge is -2.28. The third-order valence-electron chi connectivity index (χ3n) is 4.60. The molecular formula is C20H25ClN6O3. The molecule has 0 aliphatic heterocycles. The van der Waals surface area contributed by atoms with Crippen molar-refractivity contribution in [3.8, 4) is 0 Å². The quantitative estimate of drug-likeness (QED) is 0.488. The minimum Gasteiger partial charge on any atom is -0.480 e. The Morgan fingerprint density at radius 3 is 2.40 bits per heavy atom. The maximum Gasteiger partial charge on any atom is 0.326 e. The molecule has 3 N–H and O–H groups in total. The van der Waals surface area contributed by atoms with E-state index in [1.165, 1.54) is 0 Å². The summed E-state index contributed by atoms with van der Waals surface area (Å²) in [4.78, 5) is 20.8. The molecule has 1 aromatic carbocycles. The van der Waals surface area contributed by atoms with Crippen LogP contribution in [0.25, 0.3) is 11.3 Å². The monoisotopic (exact) mass is 432 g/mol. The van der Waals surface area contributed by atoms with E-state index in [9.17, 15) is 9.90 Å². The van der Waals surface area contributed by atoms with Gasteiger partial charge in [0.05, 0.1) is 0 Å².